The van der Waals surface area contributed by atoms with E-state index in [1.54, 1.807) is 0 Å². The summed E-state index contributed by atoms with van der Waals surface area (Å²) in [7, 11) is 0. The molecule has 0 radical (unpaired) electrons. The van der Waals surface area contributed by atoms with E-state index in [2.05, 4.69) is 33.9 Å². The van der Waals surface area contributed by atoms with Crippen LogP contribution in [0, 0.1) is 0 Å². The van der Waals surface area contributed by atoms with Crippen LogP contribution in [0.3, 0.4) is 0 Å². The lowest BCUT2D eigenvalue weighted by atomic mass is 9.90. The number of allylic oxidation sites excluding steroid dienone is 2. The maximum absolute atomic E-state index is 6.33. The average molecular weight is 233 g/mol. The highest BCUT2D eigenvalue weighted by Gasteiger charge is 2.32. The first kappa shape index (κ1) is 14.2. The van der Waals surface area contributed by atoms with Gasteiger partial charge in [-0.3, -0.25) is 0 Å². The van der Waals surface area contributed by atoms with Crippen LogP contribution in [0.15, 0.2) is 35.5 Å². The molecule has 0 aromatic carbocycles. The Hall–Kier alpha value is -0.820. The Kier molecular flexibility index (Phi) is 4.76. The van der Waals surface area contributed by atoms with E-state index in [4.69, 9.17) is 5.73 Å². The zero-order valence-corrected chi connectivity index (χ0v) is 11.7. The lowest BCUT2D eigenvalue weighted by molar-refractivity contribution is 0.577. The SMILES string of the molecule is C=C(CC)CCC/C(C)=C1/CC(=C)CC1(C)N. The molecular weight excluding hydrogens is 206 g/mol. The minimum absolute atomic E-state index is 0.150. The molecule has 0 aliphatic heterocycles. The van der Waals surface area contributed by atoms with Crippen molar-refractivity contribution in [1.29, 1.82) is 0 Å². The quantitative estimate of drug-likeness (QED) is 0.695. The maximum Gasteiger partial charge on any atom is 0.0383 e. The summed E-state index contributed by atoms with van der Waals surface area (Å²) in [6.45, 7) is 14.7. The molecule has 1 atom stereocenters. The van der Waals surface area contributed by atoms with Gasteiger partial charge in [0.25, 0.3) is 0 Å². The van der Waals surface area contributed by atoms with E-state index in [-0.39, 0.29) is 5.54 Å². The van der Waals surface area contributed by atoms with Crippen LogP contribution in [0.2, 0.25) is 0 Å². The minimum atomic E-state index is -0.150. The summed E-state index contributed by atoms with van der Waals surface area (Å²) in [6.07, 6.45) is 6.54. The molecule has 1 aliphatic rings. The van der Waals surface area contributed by atoms with Gasteiger partial charge in [-0.05, 0) is 57.9 Å². The van der Waals surface area contributed by atoms with Gasteiger partial charge in [0.05, 0.1) is 0 Å². The van der Waals surface area contributed by atoms with Crippen LogP contribution in [0.5, 0.6) is 0 Å². The van der Waals surface area contributed by atoms with Crippen LogP contribution in [0.25, 0.3) is 0 Å². The molecule has 1 heteroatoms. The highest BCUT2D eigenvalue weighted by atomic mass is 14.7. The molecule has 0 saturated heterocycles. The highest BCUT2D eigenvalue weighted by molar-refractivity contribution is 5.36. The van der Waals surface area contributed by atoms with Crippen LogP contribution < -0.4 is 5.73 Å². The summed E-state index contributed by atoms with van der Waals surface area (Å²) < 4.78 is 0. The fourth-order valence-electron chi connectivity index (χ4n) is 2.71. The molecule has 0 heterocycles. The molecule has 96 valence electrons. The van der Waals surface area contributed by atoms with Crippen molar-refractivity contribution in [3.63, 3.8) is 0 Å². The molecule has 1 unspecified atom stereocenters. The molecule has 0 spiro atoms. The van der Waals surface area contributed by atoms with Crippen molar-refractivity contribution < 1.29 is 0 Å². The van der Waals surface area contributed by atoms with Crippen molar-refractivity contribution in [3.05, 3.63) is 35.5 Å². The van der Waals surface area contributed by atoms with E-state index in [0.717, 1.165) is 32.1 Å². The normalized spacial score (nSPS) is 27.4. The Morgan fingerprint density at radius 1 is 1.41 bits per heavy atom. The summed E-state index contributed by atoms with van der Waals surface area (Å²) in [5, 5.41) is 0. The number of rotatable bonds is 5. The zero-order valence-electron chi connectivity index (χ0n) is 11.7. The summed E-state index contributed by atoms with van der Waals surface area (Å²) in [6, 6.07) is 0. The maximum atomic E-state index is 6.33. The lowest BCUT2D eigenvalue weighted by Gasteiger charge is -2.22. The summed E-state index contributed by atoms with van der Waals surface area (Å²) >= 11 is 0. The van der Waals surface area contributed by atoms with Gasteiger partial charge in [0.1, 0.15) is 0 Å². The molecule has 0 aromatic rings. The van der Waals surface area contributed by atoms with E-state index in [0.29, 0.717) is 0 Å². The van der Waals surface area contributed by atoms with Crippen molar-refractivity contribution in [2.24, 2.45) is 5.73 Å². The van der Waals surface area contributed by atoms with Gasteiger partial charge in [-0.15, -0.1) is 0 Å². The molecular formula is C16H27N. The molecule has 1 rings (SSSR count). The molecule has 0 amide bonds. The fraction of sp³-hybridized carbons (Fsp3) is 0.625. The summed E-state index contributed by atoms with van der Waals surface area (Å²) in [5.41, 5.74) is 11.7. The second-order valence-electron chi connectivity index (χ2n) is 5.74. The van der Waals surface area contributed by atoms with E-state index >= 15 is 0 Å². The smallest absolute Gasteiger partial charge is 0.0383 e. The molecule has 1 saturated carbocycles. The fourth-order valence-corrected chi connectivity index (χ4v) is 2.71. The van der Waals surface area contributed by atoms with Crippen LogP contribution in [-0.4, -0.2) is 5.54 Å². The van der Waals surface area contributed by atoms with Crippen LogP contribution in [0.1, 0.15) is 59.3 Å². The zero-order chi connectivity index (χ0) is 13.1. The van der Waals surface area contributed by atoms with Crippen molar-refractivity contribution >= 4 is 0 Å². The molecule has 0 bridgehead atoms. The van der Waals surface area contributed by atoms with E-state index in [9.17, 15) is 0 Å². The third-order valence-corrected chi connectivity index (χ3v) is 3.83. The van der Waals surface area contributed by atoms with E-state index in [1.165, 1.54) is 28.7 Å². The van der Waals surface area contributed by atoms with Gasteiger partial charge in [0, 0.05) is 5.54 Å². The van der Waals surface area contributed by atoms with Crippen molar-refractivity contribution in [3.8, 4) is 0 Å². The minimum Gasteiger partial charge on any atom is -0.322 e. The van der Waals surface area contributed by atoms with Crippen LogP contribution in [0.4, 0.5) is 0 Å². The highest BCUT2D eigenvalue weighted by Crippen LogP contribution is 2.38. The Morgan fingerprint density at radius 3 is 2.53 bits per heavy atom. The van der Waals surface area contributed by atoms with Crippen LogP contribution in [-0.2, 0) is 0 Å². The van der Waals surface area contributed by atoms with Gasteiger partial charge in [0.2, 0.25) is 0 Å². The predicted molar refractivity (Wildman–Crippen MR) is 76.9 cm³/mol. The summed E-state index contributed by atoms with van der Waals surface area (Å²) in [5.74, 6) is 0. The molecule has 0 aromatic heterocycles. The first-order chi connectivity index (χ1) is 7.86. The third-order valence-electron chi connectivity index (χ3n) is 3.83. The summed E-state index contributed by atoms with van der Waals surface area (Å²) in [4.78, 5) is 0. The standard InChI is InChI=1S/C16H27N/c1-6-12(2)8-7-9-14(4)15-10-13(3)11-16(15,5)17/h2-3,6-11,17H2,1,4-5H3/b15-14-. The van der Waals surface area contributed by atoms with Gasteiger partial charge in [-0.1, -0.05) is 36.8 Å². The van der Waals surface area contributed by atoms with Crippen molar-refractivity contribution in [2.75, 3.05) is 0 Å². The van der Waals surface area contributed by atoms with E-state index < -0.39 is 0 Å². The van der Waals surface area contributed by atoms with Gasteiger partial charge in [-0.25, -0.2) is 0 Å². The number of nitrogens with two attached hydrogens (primary N) is 1. The third kappa shape index (κ3) is 3.85. The Labute approximate surface area is 106 Å². The monoisotopic (exact) mass is 233 g/mol. The first-order valence-electron chi connectivity index (χ1n) is 6.68. The number of hydrogen-bond donors (Lipinski definition) is 1. The lowest BCUT2D eigenvalue weighted by Crippen LogP contribution is -2.34. The Bertz CT molecular complexity index is 345. The predicted octanol–water partition coefficient (Wildman–Crippen LogP) is 4.51. The van der Waals surface area contributed by atoms with Gasteiger partial charge in [0.15, 0.2) is 0 Å². The molecule has 1 nitrogen and oxygen atoms in total. The van der Waals surface area contributed by atoms with E-state index in [1.807, 2.05) is 0 Å². The molecule has 2 N–H and O–H groups in total. The molecule has 17 heavy (non-hydrogen) atoms. The molecule has 1 aliphatic carbocycles. The van der Waals surface area contributed by atoms with Crippen molar-refractivity contribution in [2.45, 2.75) is 64.8 Å². The van der Waals surface area contributed by atoms with Gasteiger partial charge in [-0.2, -0.15) is 0 Å². The first-order valence-corrected chi connectivity index (χ1v) is 6.68. The average Bonchev–Trinajstić information content (AvgIpc) is 2.51. The number of hydrogen-bond acceptors (Lipinski definition) is 1. The molecule has 1 fully saturated rings. The van der Waals surface area contributed by atoms with Gasteiger partial charge >= 0.3 is 0 Å². The topological polar surface area (TPSA) is 26.0 Å². The largest absolute Gasteiger partial charge is 0.322 e. The van der Waals surface area contributed by atoms with Crippen LogP contribution >= 0.6 is 0 Å². The second-order valence-corrected chi connectivity index (χ2v) is 5.74. The van der Waals surface area contributed by atoms with Gasteiger partial charge < -0.3 is 5.73 Å². The second kappa shape index (κ2) is 5.68. The Morgan fingerprint density at radius 2 is 2.06 bits per heavy atom. The van der Waals surface area contributed by atoms with Crippen molar-refractivity contribution in [1.82, 2.24) is 0 Å². The Balaban J connectivity index is 2.58.